The second kappa shape index (κ2) is 11.0. The Morgan fingerprint density at radius 1 is 1.14 bits per heavy atom. The van der Waals surface area contributed by atoms with E-state index in [-0.39, 0.29) is 23.2 Å². The van der Waals surface area contributed by atoms with Gasteiger partial charge in [-0.25, -0.2) is 4.39 Å². The van der Waals surface area contributed by atoms with Crippen LogP contribution in [0.1, 0.15) is 44.2 Å². The molecule has 0 radical (unpaired) electrons. The molecule has 2 heterocycles. The highest BCUT2D eigenvalue weighted by molar-refractivity contribution is 6.30. The first kappa shape index (κ1) is 26.1. The molecule has 2 aromatic carbocycles. The van der Waals surface area contributed by atoms with Crippen molar-refractivity contribution < 1.29 is 19.0 Å². The minimum atomic E-state index is -0.937. The molecule has 35 heavy (non-hydrogen) atoms. The predicted molar refractivity (Wildman–Crippen MR) is 136 cm³/mol. The molecule has 7 heteroatoms. The van der Waals surface area contributed by atoms with Crippen molar-refractivity contribution in [1.82, 2.24) is 9.80 Å². The standard InChI is InChI=1S/C28H36ClFN2O3/c1-27(2)20-31(16-13-28(27,34)22-6-8-23(29)9-7-22)15-12-26(33)32-14-3-17-35-25(19-32)18-21-4-10-24(30)11-5-21/h4-11,25,34H,3,12-20H2,1-2H3/t25-,28?/m0/s1. The lowest BCUT2D eigenvalue weighted by Gasteiger charge is -2.50. The number of ether oxygens (including phenoxy) is 1. The van der Waals surface area contributed by atoms with E-state index in [4.69, 9.17) is 16.3 Å². The van der Waals surface area contributed by atoms with Gasteiger partial charge in [-0.3, -0.25) is 4.79 Å². The largest absolute Gasteiger partial charge is 0.385 e. The highest BCUT2D eigenvalue weighted by atomic mass is 35.5. The number of aliphatic hydroxyl groups is 1. The molecule has 2 aromatic rings. The number of amides is 1. The van der Waals surface area contributed by atoms with Gasteiger partial charge < -0.3 is 19.6 Å². The number of carbonyl (C=O) groups excluding carboxylic acids is 1. The number of nitrogens with zero attached hydrogens (tertiary/aromatic N) is 2. The van der Waals surface area contributed by atoms with Gasteiger partial charge in [0.05, 0.1) is 11.7 Å². The van der Waals surface area contributed by atoms with Crippen LogP contribution in [0.4, 0.5) is 4.39 Å². The highest BCUT2D eigenvalue weighted by Crippen LogP contribution is 2.46. The summed E-state index contributed by atoms with van der Waals surface area (Å²) in [6.45, 7) is 8.14. The van der Waals surface area contributed by atoms with Crippen LogP contribution in [0, 0.1) is 11.2 Å². The van der Waals surface area contributed by atoms with E-state index in [9.17, 15) is 14.3 Å². The van der Waals surface area contributed by atoms with Crippen LogP contribution in [-0.4, -0.2) is 66.2 Å². The molecule has 2 saturated heterocycles. The molecule has 5 nitrogen and oxygen atoms in total. The van der Waals surface area contributed by atoms with Gasteiger partial charge in [-0.15, -0.1) is 0 Å². The lowest BCUT2D eigenvalue weighted by Crippen LogP contribution is -2.55. The van der Waals surface area contributed by atoms with E-state index in [1.54, 1.807) is 12.1 Å². The summed E-state index contributed by atoms with van der Waals surface area (Å²) in [6, 6.07) is 13.9. The summed E-state index contributed by atoms with van der Waals surface area (Å²) in [4.78, 5) is 17.3. The van der Waals surface area contributed by atoms with Crippen LogP contribution in [-0.2, 0) is 21.6 Å². The number of hydrogen-bond donors (Lipinski definition) is 1. The Morgan fingerprint density at radius 2 is 1.86 bits per heavy atom. The monoisotopic (exact) mass is 502 g/mol. The van der Waals surface area contributed by atoms with E-state index in [0.29, 0.717) is 57.1 Å². The Morgan fingerprint density at radius 3 is 2.54 bits per heavy atom. The van der Waals surface area contributed by atoms with Crippen LogP contribution < -0.4 is 0 Å². The summed E-state index contributed by atoms with van der Waals surface area (Å²) >= 11 is 6.04. The minimum absolute atomic E-state index is 0.0878. The Labute approximate surface area is 212 Å². The fourth-order valence-corrected chi connectivity index (χ4v) is 5.55. The van der Waals surface area contributed by atoms with Crippen LogP contribution in [0.25, 0.3) is 0 Å². The van der Waals surface area contributed by atoms with Gasteiger partial charge in [-0.1, -0.05) is 49.7 Å². The first-order chi connectivity index (χ1) is 16.7. The number of piperidine rings is 1. The number of likely N-dealkylation sites (tertiary alicyclic amines) is 1. The predicted octanol–water partition coefficient (Wildman–Crippen LogP) is 4.65. The Hall–Kier alpha value is -1.99. The molecule has 0 aromatic heterocycles. The van der Waals surface area contributed by atoms with E-state index in [1.165, 1.54) is 12.1 Å². The summed E-state index contributed by atoms with van der Waals surface area (Å²) in [7, 11) is 0. The summed E-state index contributed by atoms with van der Waals surface area (Å²) in [5, 5.41) is 12.2. The zero-order valence-electron chi connectivity index (χ0n) is 20.7. The fraction of sp³-hybridized carbons (Fsp3) is 0.536. The average Bonchev–Trinajstić information content (AvgIpc) is 3.07. The molecule has 1 unspecified atom stereocenters. The molecule has 0 bridgehead atoms. The van der Waals surface area contributed by atoms with Crippen LogP contribution in [0.15, 0.2) is 48.5 Å². The number of rotatable bonds is 6. The maximum absolute atomic E-state index is 13.2. The molecule has 190 valence electrons. The molecule has 2 aliphatic rings. The van der Waals surface area contributed by atoms with Crippen LogP contribution in [0.2, 0.25) is 5.02 Å². The SMILES string of the molecule is CC1(C)CN(CCC(=O)N2CCCO[C@@H](Cc3ccc(F)cc3)C2)CCC1(O)c1ccc(Cl)cc1. The highest BCUT2D eigenvalue weighted by Gasteiger charge is 2.48. The normalized spacial score (nSPS) is 25.3. The maximum Gasteiger partial charge on any atom is 0.223 e. The number of halogens is 2. The smallest absolute Gasteiger partial charge is 0.223 e. The molecule has 2 atom stereocenters. The van der Waals surface area contributed by atoms with Gasteiger partial charge in [0.25, 0.3) is 0 Å². The summed E-state index contributed by atoms with van der Waals surface area (Å²) in [6.07, 6.45) is 2.44. The quantitative estimate of drug-likeness (QED) is 0.624. The van der Waals surface area contributed by atoms with Crippen molar-refractivity contribution in [2.75, 3.05) is 39.3 Å². The molecule has 2 fully saturated rings. The lowest BCUT2D eigenvalue weighted by molar-refractivity contribution is -0.136. The number of benzene rings is 2. The number of carbonyl (C=O) groups is 1. The third kappa shape index (κ3) is 6.23. The Bertz CT molecular complexity index is 998. The van der Waals surface area contributed by atoms with Crippen molar-refractivity contribution in [2.45, 2.75) is 51.2 Å². The van der Waals surface area contributed by atoms with Gasteiger partial charge in [-0.05, 0) is 48.2 Å². The second-order valence-electron chi connectivity index (χ2n) is 10.5. The van der Waals surface area contributed by atoms with Gasteiger partial charge in [0.1, 0.15) is 5.82 Å². The molecule has 4 rings (SSSR count). The zero-order chi connectivity index (χ0) is 25.1. The molecular formula is C28H36ClFN2O3. The summed E-state index contributed by atoms with van der Waals surface area (Å²) in [5.41, 5.74) is 0.584. The van der Waals surface area contributed by atoms with Crippen molar-refractivity contribution in [3.05, 3.63) is 70.5 Å². The van der Waals surface area contributed by atoms with Gasteiger partial charge >= 0.3 is 0 Å². The lowest BCUT2D eigenvalue weighted by atomic mass is 9.66. The van der Waals surface area contributed by atoms with Crippen LogP contribution in [0.5, 0.6) is 0 Å². The van der Waals surface area contributed by atoms with Crippen molar-refractivity contribution >= 4 is 17.5 Å². The van der Waals surface area contributed by atoms with Gasteiger partial charge in [-0.2, -0.15) is 0 Å². The zero-order valence-corrected chi connectivity index (χ0v) is 21.4. The number of hydrogen-bond acceptors (Lipinski definition) is 4. The third-order valence-corrected chi connectivity index (χ3v) is 7.82. The summed E-state index contributed by atoms with van der Waals surface area (Å²) in [5.74, 6) is -0.115. The van der Waals surface area contributed by atoms with E-state index in [2.05, 4.69) is 18.7 Å². The van der Waals surface area contributed by atoms with Gasteiger partial charge in [0.2, 0.25) is 5.91 Å². The maximum atomic E-state index is 13.2. The Balaban J connectivity index is 1.31. The fourth-order valence-electron chi connectivity index (χ4n) is 5.42. The van der Waals surface area contributed by atoms with E-state index in [0.717, 1.165) is 24.1 Å². The summed E-state index contributed by atoms with van der Waals surface area (Å²) < 4.78 is 19.2. The first-order valence-electron chi connectivity index (χ1n) is 12.5. The average molecular weight is 503 g/mol. The molecular weight excluding hydrogens is 467 g/mol. The molecule has 0 aliphatic carbocycles. The van der Waals surface area contributed by atoms with Crippen molar-refractivity contribution in [2.24, 2.45) is 5.41 Å². The van der Waals surface area contributed by atoms with Gasteiger partial charge in [0, 0.05) is 62.6 Å². The second-order valence-corrected chi connectivity index (χ2v) is 11.0. The van der Waals surface area contributed by atoms with Crippen molar-refractivity contribution in [3.8, 4) is 0 Å². The van der Waals surface area contributed by atoms with Crippen molar-refractivity contribution in [3.63, 3.8) is 0 Å². The molecule has 1 N–H and O–H groups in total. The third-order valence-electron chi connectivity index (χ3n) is 7.57. The molecule has 0 spiro atoms. The topological polar surface area (TPSA) is 53.0 Å². The van der Waals surface area contributed by atoms with E-state index < -0.39 is 5.60 Å². The van der Waals surface area contributed by atoms with Crippen LogP contribution >= 0.6 is 11.6 Å². The van der Waals surface area contributed by atoms with E-state index >= 15 is 0 Å². The first-order valence-corrected chi connectivity index (χ1v) is 12.9. The molecule has 1 amide bonds. The minimum Gasteiger partial charge on any atom is -0.385 e. The van der Waals surface area contributed by atoms with Crippen molar-refractivity contribution in [1.29, 1.82) is 0 Å². The molecule has 0 saturated carbocycles. The Kier molecular flexibility index (Phi) is 8.16. The van der Waals surface area contributed by atoms with Gasteiger partial charge in [0.15, 0.2) is 0 Å². The van der Waals surface area contributed by atoms with Crippen LogP contribution in [0.3, 0.4) is 0 Å². The molecule has 2 aliphatic heterocycles. The van der Waals surface area contributed by atoms with E-state index in [1.807, 2.05) is 29.2 Å².